The molecule has 0 unspecified atom stereocenters. The molecule has 11 nitrogen and oxygen atoms in total. The molecule has 0 spiro atoms. The van der Waals surface area contributed by atoms with Crippen molar-refractivity contribution in [3.63, 3.8) is 0 Å². The van der Waals surface area contributed by atoms with E-state index >= 15 is 0 Å². The van der Waals surface area contributed by atoms with E-state index in [1.54, 1.807) is 0 Å². The fourth-order valence-electron chi connectivity index (χ4n) is 4.15. The molecule has 5 rings (SSSR count). The lowest BCUT2D eigenvalue weighted by Crippen LogP contribution is -2.39. The van der Waals surface area contributed by atoms with Gasteiger partial charge in [-0.1, -0.05) is 18.2 Å². The average Bonchev–Trinajstić information content (AvgIpc) is 3.15. The van der Waals surface area contributed by atoms with E-state index in [4.69, 9.17) is 14.5 Å². The SMILES string of the molecule is CC(C)n1c(O)c(N=Nc2nc(N3CCOCC3)nc(N3CCOCC3)n2)c2ccccc21. The van der Waals surface area contributed by atoms with Gasteiger partial charge in [0.2, 0.25) is 17.8 Å². The van der Waals surface area contributed by atoms with Crippen molar-refractivity contribution < 1.29 is 14.6 Å². The summed E-state index contributed by atoms with van der Waals surface area (Å²) in [4.78, 5) is 17.9. The summed E-state index contributed by atoms with van der Waals surface area (Å²) < 4.78 is 12.8. The molecular formula is C22H28N8O3. The number of morpholine rings is 2. The van der Waals surface area contributed by atoms with Gasteiger partial charge in [0.15, 0.2) is 5.69 Å². The molecule has 174 valence electrons. The highest BCUT2D eigenvalue weighted by Gasteiger charge is 2.22. The molecule has 0 radical (unpaired) electrons. The van der Waals surface area contributed by atoms with E-state index in [1.807, 2.05) is 42.7 Å². The molecule has 11 heteroatoms. The van der Waals surface area contributed by atoms with Gasteiger partial charge in [0.05, 0.1) is 31.9 Å². The number of hydrogen-bond acceptors (Lipinski definition) is 10. The van der Waals surface area contributed by atoms with Gasteiger partial charge in [0, 0.05) is 37.6 Å². The van der Waals surface area contributed by atoms with Gasteiger partial charge in [0.25, 0.3) is 5.95 Å². The van der Waals surface area contributed by atoms with Gasteiger partial charge in [-0.2, -0.15) is 15.0 Å². The Kier molecular flexibility index (Phi) is 6.05. The number of anilines is 2. The highest BCUT2D eigenvalue weighted by molar-refractivity contribution is 5.95. The fraction of sp³-hybridized carbons (Fsp3) is 0.500. The predicted molar refractivity (Wildman–Crippen MR) is 124 cm³/mol. The summed E-state index contributed by atoms with van der Waals surface area (Å²) in [7, 11) is 0. The fourth-order valence-corrected chi connectivity index (χ4v) is 4.15. The summed E-state index contributed by atoms with van der Waals surface area (Å²) in [6.45, 7) is 9.33. The van der Waals surface area contributed by atoms with Crippen LogP contribution in [-0.4, -0.2) is 77.2 Å². The van der Waals surface area contributed by atoms with E-state index in [-0.39, 0.29) is 17.9 Å². The Labute approximate surface area is 191 Å². The van der Waals surface area contributed by atoms with E-state index in [1.165, 1.54) is 0 Å². The van der Waals surface area contributed by atoms with Crippen molar-refractivity contribution >= 4 is 34.4 Å². The molecule has 1 aromatic carbocycles. The third kappa shape index (κ3) is 4.33. The Morgan fingerprint density at radius 3 is 2.00 bits per heavy atom. The molecule has 0 bridgehead atoms. The number of azo groups is 1. The molecular weight excluding hydrogens is 424 g/mol. The van der Waals surface area contributed by atoms with E-state index in [0.29, 0.717) is 70.2 Å². The van der Waals surface area contributed by atoms with E-state index in [2.05, 4.69) is 30.0 Å². The first-order chi connectivity index (χ1) is 16.1. The molecule has 0 amide bonds. The smallest absolute Gasteiger partial charge is 0.275 e. The number of aromatic hydroxyl groups is 1. The molecule has 2 saturated heterocycles. The second-order valence-corrected chi connectivity index (χ2v) is 8.29. The number of hydrogen-bond donors (Lipinski definition) is 1. The van der Waals surface area contributed by atoms with Gasteiger partial charge >= 0.3 is 0 Å². The first kappa shape index (κ1) is 21.5. The van der Waals surface area contributed by atoms with Crippen molar-refractivity contribution in [3.05, 3.63) is 24.3 Å². The summed E-state index contributed by atoms with van der Waals surface area (Å²) in [5.41, 5.74) is 1.30. The Hall–Kier alpha value is -3.31. The van der Waals surface area contributed by atoms with Crippen LogP contribution in [0, 0.1) is 0 Å². The van der Waals surface area contributed by atoms with Gasteiger partial charge in [-0.3, -0.25) is 0 Å². The minimum atomic E-state index is 0.0665. The zero-order valence-electron chi connectivity index (χ0n) is 18.9. The predicted octanol–water partition coefficient (Wildman–Crippen LogP) is 3.20. The number of aromatic nitrogens is 4. The minimum absolute atomic E-state index is 0.0665. The van der Waals surface area contributed by atoms with Crippen molar-refractivity contribution in [1.29, 1.82) is 0 Å². The second kappa shape index (κ2) is 9.28. The number of benzene rings is 1. The van der Waals surface area contributed by atoms with Crippen LogP contribution in [0.15, 0.2) is 34.5 Å². The molecule has 2 aliphatic rings. The third-order valence-corrected chi connectivity index (χ3v) is 5.80. The summed E-state index contributed by atoms with van der Waals surface area (Å²) in [6, 6.07) is 7.81. The van der Waals surface area contributed by atoms with Crippen LogP contribution < -0.4 is 9.80 Å². The van der Waals surface area contributed by atoms with Gasteiger partial charge in [0.1, 0.15) is 0 Å². The molecule has 4 heterocycles. The van der Waals surface area contributed by atoms with E-state index in [9.17, 15) is 5.11 Å². The Morgan fingerprint density at radius 2 is 1.42 bits per heavy atom. The monoisotopic (exact) mass is 452 g/mol. The minimum Gasteiger partial charge on any atom is -0.493 e. The number of rotatable bonds is 5. The van der Waals surface area contributed by atoms with E-state index in [0.717, 1.165) is 10.9 Å². The lowest BCUT2D eigenvalue weighted by molar-refractivity contribution is 0.121. The molecule has 2 fully saturated rings. The Bertz CT molecular complexity index is 1110. The molecule has 1 N–H and O–H groups in total. The van der Waals surface area contributed by atoms with Crippen molar-refractivity contribution in [2.24, 2.45) is 10.2 Å². The maximum atomic E-state index is 10.9. The molecule has 2 aromatic heterocycles. The Balaban J connectivity index is 1.54. The van der Waals surface area contributed by atoms with Crippen LogP contribution in [0.5, 0.6) is 5.88 Å². The van der Waals surface area contributed by atoms with Crippen molar-refractivity contribution in [1.82, 2.24) is 19.5 Å². The van der Waals surface area contributed by atoms with Gasteiger partial charge in [-0.25, -0.2) is 0 Å². The number of nitrogens with zero attached hydrogens (tertiary/aromatic N) is 8. The average molecular weight is 453 g/mol. The normalized spacial score (nSPS) is 17.5. The molecule has 0 aliphatic carbocycles. The van der Waals surface area contributed by atoms with E-state index < -0.39 is 0 Å². The first-order valence-corrected chi connectivity index (χ1v) is 11.3. The highest BCUT2D eigenvalue weighted by Crippen LogP contribution is 2.41. The molecule has 0 atom stereocenters. The van der Waals surface area contributed by atoms with Crippen LogP contribution in [0.1, 0.15) is 19.9 Å². The standard InChI is InChI=1S/C22H28N8O3/c1-15(2)30-17-6-4-3-5-16(17)18(19(30)31)26-27-20-23-21(28-7-11-32-12-8-28)25-22(24-20)29-9-13-33-14-10-29/h3-6,15,31H,7-14H2,1-2H3. The largest absolute Gasteiger partial charge is 0.493 e. The summed E-state index contributed by atoms with van der Waals surface area (Å²) in [5, 5.41) is 20.5. The topological polar surface area (TPSA) is 113 Å². The van der Waals surface area contributed by atoms with Crippen LogP contribution in [0.2, 0.25) is 0 Å². The maximum absolute atomic E-state index is 10.9. The molecule has 0 saturated carbocycles. The van der Waals surface area contributed by atoms with Gasteiger partial charge in [-0.15, -0.1) is 10.2 Å². The molecule has 3 aromatic rings. The van der Waals surface area contributed by atoms with Gasteiger partial charge < -0.3 is 28.9 Å². The summed E-state index contributed by atoms with van der Waals surface area (Å²) >= 11 is 0. The van der Waals surface area contributed by atoms with Crippen LogP contribution in [0.4, 0.5) is 23.5 Å². The highest BCUT2D eigenvalue weighted by atomic mass is 16.5. The lowest BCUT2D eigenvalue weighted by atomic mass is 10.2. The first-order valence-electron chi connectivity index (χ1n) is 11.3. The van der Waals surface area contributed by atoms with Crippen molar-refractivity contribution in [2.75, 3.05) is 62.4 Å². The maximum Gasteiger partial charge on any atom is 0.275 e. The molecule has 2 aliphatic heterocycles. The lowest BCUT2D eigenvalue weighted by Gasteiger charge is -2.29. The van der Waals surface area contributed by atoms with Crippen molar-refractivity contribution in [3.8, 4) is 5.88 Å². The quantitative estimate of drug-likeness (QED) is 0.587. The van der Waals surface area contributed by atoms with Crippen LogP contribution in [0.25, 0.3) is 10.9 Å². The van der Waals surface area contributed by atoms with Crippen LogP contribution in [0.3, 0.4) is 0 Å². The second-order valence-electron chi connectivity index (χ2n) is 8.29. The molecule has 33 heavy (non-hydrogen) atoms. The zero-order chi connectivity index (χ0) is 22.8. The van der Waals surface area contributed by atoms with Crippen molar-refractivity contribution in [2.45, 2.75) is 19.9 Å². The van der Waals surface area contributed by atoms with Crippen LogP contribution in [-0.2, 0) is 9.47 Å². The summed E-state index contributed by atoms with van der Waals surface area (Å²) in [5.74, 6) is 1.38. The zero-order valence-corrected chi connectivity index (χ0v) is 18.9. The van der Waals surface area contributed by atoms with Crippen LogP contribution >= 0.6 is 0 Å². The van der Waals surface area contributed by atoms with Gasteiger partial charge in [-0.05, 0) is 19.9 Å². The number of para-hydroxylation sites is 1. The third-order valence-electron chi connectivity index (χ3n) is 5.80. The number of ether oxygens (including phenoxy) is 2. The number of fused-ring (bicyclic) bond motifs is 1. The summed E-state index contributed by atoms with van der Waals surface area (Å²) in [6.07, 6.45) is 0. The Morgan fingerprint density at radius 1 is 0.848 bits per heavy atom.